The van der Waals surface area contributed by atoms with Gasteiger partial charge in [0.1, 0.15) is 5.37 Å². The Kier molecular flexibility index (Phi) is 6.14. The number of anilines is 2. The number of carbonyl (C=O) groups excluding carboxylic acids is 2. The first kappa shape index (κ1) is 21.2. The molecular weight excluding hydrogens is 404 g/mol. The highest BCUT2D eigenvalue weighted by molar-refractivity contribution is 8.00. The molecule has 3 aromatic rings. The summed E-state index contributed by atoms with van der Waals surface area (Å²) in [5.41, 5.74) is 6.93. The van der Waals surface area contributed by atoms with E-state index >= 15 is 0 Å². The van der Waals surface area contributed by atoms with Crippen LogP contribution in [0, 0.1) is 13.8 Å². The topological polar surface area (TPSA) is 49.4 Å². The van der Waals surface area contributed by atoms with Crippen LogP contribution in [0.4, 0.5) is 11.4 Å². The van der Waals surface area contributed by atoms with Crippen LogP contribution in [0.5, 0.6) is 0 Å². The molecule has 0 aliphatic carbocycles. The second-order valence-corrected chi connectivity index (χ2v) is 8.89. The van der Waals surface area contributed by atoms with Crippen molar-refractivity contribution in [1.82, 2.24) is 0 Å². The highest BCUT2D eigenvalue weighted by Crippen LogP contribution is 2.42. The number of thioether (sulfide) groups is 1. The largest absolute Gasteiger partial charge is 0.322 e. The van der Waals surface area contributed by atoms with E-state index in [-0.39, 0.29) is 17.2 Å². The standard InChI is InChI=1S/C26H26N2O2S/c1-4-19-6-8-20(9-7-19)25(30)27-22-12-10-21(11-13-22)26-28(24(29)16-31-26)23-14-5-17(2)18(3)15-23/h5-15,26H,4,16H2,1-3H3,(H,27,30)/t26-/m1/s1. The lowest BCUT2D eigenvalue weighted by atomic mass is 10.1. The van der Waals surface area contributed by atoms with E-state index in [9.17, 15) is 9.59 Å². The normalized spacial score (nSPS) is 15.9. The van der Waals surface area contributed by atoms with Crippen molar-refractivity contribution in [3.63, 3.8) is 0 Å². The molecule has 31 heavy (non-hydrogen) atoms. The monoisotopic (exact) mass is 430 g/mol. The molecule has 0 unspecified atom stereocenters. The van der Waals surface area contributed by atoms with Gasteiger partial charge in [-0.05, 0) is 78.9 Å². The Hall–Kier alpha value is -3.05. The van der Waals surface area contributed by atoms with Crippen LogP contribution in [0.1, 0.15) is 44.9 Å². The van der Waals surface area contributed by atoms with Crippen LogP contribution >= 0.6 is 11.8 Å². The molecular formula is C26H26N2O2S. The molecule has 158 valence electrons. The summed E-state index contributed by atoms with van der Waals surface area (Å²) in [7, 11) is 0. The van der Waals surface area contributed by atoms with Gasteiger partial charge >= 0.3 is 0 Å². The SMILES string of the molecule is CCc1ccc(C(=O)Nc2ccc([C@H]3SCC(=O)N3c3ccc(C)c(C)c3)cc2)cc1. The first-order valence-electron chi connectivity index (χ1n) is 10.5. The lowest BCUT2D eigenvalue weighted by Crippen LogP contribution is -2.27. The summed E-state index contributed by atoms with van der Waals surface area (Å²) >= 11 is 1.63. The van der Waals surface area contributed by atoms with Crippen LogP contribution in [0.2, 0.25) is 0 Å². The summed E-state index contributed by atoms with van der Waals surface area (Å²) in [5, 5.41) is 2.88. The van der Waals surface area contributed by atoms with Crippen molar-refractivity contribution in [2.75, 3.05) is 16.0 Å². The minimum Gasteiger partial charge on any atom is -0.322 e. The maximum absolute atomic E-state index is 12.6. The quantitative estimate of drug-likeness (QED) is 0.548. The fourth-order valence-corrected chi connectivity index (χ4v) is 4.83. The molecule has 2 amide bonds. The highest BCUT2D eigenvalue weighted by Gasteiger charge is 2.34. The van der Waals surface area contributed by atoms with Crippen molar-refractivity contribution < 1.29 is 9.59 Å². The van der Waals surface area contributed by atoms with Gasteiger partial charge in [0.25, 0.3) is 5.91 Å². The molecule has 1 atom stereocenters. The number of hydrogen-bond acceptors (Lipinski definition) is 3. The van der Waals surface area contributed by atoms with Crippen molar-refractivity contribution in [1.29, 1.82) is 0 Å². The van der Waals surface area contributed by atoms with E-state index in [1.807, 2.05) is 59.5 Å². The van der Waals surface area contributed by atoms with Gasteiger partial charge in [0, 0.05) is 16.9 Å². The van der Waals surface area contributed by atoms with Crippen molar-refractivity contribution in [2.24, 2.45) is 0 Å². The predicted molar refractivity (Wildman–Crippen MR) is 129 cm³/mol. The van der Waals surface area contributed by atoms with E-state index < -0.39 is 0 Å². The molecule has 1 fully saturated rings. The number of rotatable bonds is 5. The number of nitrogens with zero attached hydrogens (tertiary/aromatic N) is 1. The van der Waals surface area contributed by atoms with Crippen LogP contribution < -0.4 is 10.2 Å². The Bertz CT molecular complexity index is 1110. The summed E-state index contributed by atoms with van der Waals surface area (Å²) in [4.78, 5) is 27.0. The fraction of sp³-hybridized carbons (Fsp3) is 0.231. The molecule has 0 aromatic heterocycles. The highest BCUT2D eigenvalue weighted by atomic mass is 32.2. The van der Waals surface area contributed by atoms with Crippen LogP contribution in [0.25, 0.3) is 0 Å². The Morgan fingerprint density at radius 2 is 1.71 bits per heavy atom. The van der Waals surface area contributed by atoms with E-state index in [0.717, 1.165) is 23.4 Å². The van der Waals surface area contributed by atoms with Crippen LogP contribution in [0.15, 0.2) is 66.7 Å². The average Bonchev–Trinajstić information content (AvgIpc) is 3.17. The second kappa shape index (κ2) is 8.98. The Morgan fingerprint density at radius 1 is 1.00 bits per heavy atom. The van der Waals surface area contributed by atoms with Gasteiger partial charge < -0.3 is 5.32 Å². The Balaban J connectivity index is 1.50. The second-order valence-electron chi connectivity index (χ2n) is 7.82. The summed E-state index contributed by atoms with van der Waals surface area (Å²) in [6, 6.07) is 21.6. The molecule has 0 bridgehead atoms. The fourth-order valence-electron chi connectivity index (χ4n) is 3.65. The number of benzene rings is 3. The van der Waals surface area contributed by atoms with Gasteiger partial charge in [-0.1, -0.05) is 37.3 Å². The van der Waals surface area contributed by atoms with Crippen LogP contribution in [0.3, 0.4) is 0 Å². The zero-order valence-electron chi connectivity index (χ0n) is 18.0. The summed E-state index contributed by atoms with van der Waals surface area (Å²) < 4.78 is 0. The molecule has 0 saturated carbocycles. The molecule has 1 saturated heterocycles. The Labute approximate surface area is 187 Å². The van der Waals surface area contributed by atoms with E-state index in [2.05, 4.69) is 38.2 Å². The molecule has 4 nitrogen and oxygen atoms in total. The smallest absolute Gasteiger partial charge is 0.255 e. The number of nitrogens with one attached hydrogen (secondary N) is 1. The Morgan fingerprint density at radius 3 is 2.35 bits per heavy atom. The zero-order chi connectivity index (χ0) is 22.0. The summed E-state index contributed by atoms with van der Waals surface area (Å²) in [6.07, 6.45) is 0.949. The molecule has 5 heteroatoms. The van der Waals surface area contributed by atoms with E-state index in [1.165, 1.54) is 16.7 Å². The van der Waals surface area contributed by atoms with Crippen LogP contribution in [-0.2, 0) is 11.2 Å². The molecule has 0 spiro atoms. The lowest BCUT2D eigenvalue weighted by Gasteiger charge is -2.25. The van der Waals surface area contributed by atoms with Crippen molar-refractivity contribution >= 4 is 35.0 Å². The van der Waals surface area contributed by atoms with Gasteiger partial charge in [-0.15, -0.1) is 11.8 Å². The molecule has 1 N–H and O–H groups in total. The number of hydrogen-bond donors (Lipinski definition) is 1. The average molecular weight is 431 g/mol. The zero-order valence-corrected chi connectivity index (χ0v) is 18.8. The summed E-state index contributed by atoms with van der Waals surface area (Å²) in [6.45, 7) is 6.23. The maximum Gasteiger partial charge on any atom is 0.255 e. The van der Waals surface area contributed by atoms with Crippen molar-refractivity contribution in [3.8, 4) is 0 Å². The molecule has 1 aliphatic rings. The number of aryl methyl sites for hydroxylation is 3. The van der Waals surface area contributed by atoms with Gasteiger partial charge in [0.2, 0.25) is 5.91 Å². The van der Waals surface area contributed by atoms with Gasteiger partial charge in [-0.25, -0.2) is 0 Å². The third-order valence-electron chi connectivity index (χ3n) is 5.71. The minimum absolute atomic E-state index is 0.0686. The molecule has 3 aromatic carbocycles. The summed E-state index contributed by atoms with van der Waals surface area (Å²) in [5.74, 6) is 0.452. The van der Waals surface area contributed by atoms with Gasteiger partial charge in [0.15, 0.2) is 0 Å². The van der Waals surface area contributed by atoms with Crippen molar-refractivity contribution in [2.45, 2.75) is 32.6 Å². The van der Waals surface area contributed by atoms with Gasteiger partial charge in [-0.3, -0.25) is 14.5 Å². The lowest BCUT2D eigenvalue weighted by molar-refractivity contribution is -0.115. The molecule has 1 aliphatic heterocycles. The van der Waals surface area contributed by atoms with Gasteiger partial charge in [-0.2, -0.15) is 0 Å². The predicted octanol–water partition coefficient (Wildman–Crippen LogP) is 5.90. The number of amides is 2. The molecule has 1 heterocycles. The third-order valence-corrected chi connectivity index (χ3v) is 6.93. The van der Waals surface area contributed by atoms with E-state index in [4.69, 9.17) is 0 Å². The van der Waals surface area contributed by atoms with Crippen molar-refractivity contribution in [3.05, 3.63) is 94.5 Å². The first-order valence-corrected chi connectivity index (χ1v) is 11.5. The van der Waals surface area contributed by atoms with E-state index in [0.29, 0.717) is 11.3 Å². The van der Waals surface area contributed by atoms with Crippen LogP contribution in [-0.4, -0.2) is 17.6 Å². The molecule has 0 radical (unpaired) electrons. The first-order chi connectivity index (χ1) is 15.0. The van der Waals surface area contributed by atoms with Gasteiger partial charge in [0.05, 0.1) is 5.75 Å². The minimum atomic E-state index is -0.127. The number of carbonyl (C=O) groups is 2. The van der Waals surface area contributed by atoms with E-state index in [1.54, 1.807) is 11.8 Å². The third kappa shape index (κ3) is 4.52. The molecule has 4 rings (SSSR count). The maximum atomic E-state index is 12.6.